The number of benzene rings is 1. The van der Waals surface area contributed by atoms with Crippen molar-refractivity contribution in [3.63, 3.8) is 0 Å². The van der Waals surface area contributed by atoms with Crippen LogP contribution in [0.1, 0.15) is 29.3 Å². The lowest BCUT2D eigenvalue weighted by atomic mass is 10.0. The lowest BCUT2D eigenvalue weighted by Crippen LogP contribution is -2.26. The van der Waals surface area contributed by atoms with E-state index >= 15 is 0 Å². The Morgan fingerprint density at radius 2 is 1.88 bits per heavy atom. The summed E-state index contributed by atoms with van der Waals surface area (Å²) >= 11 is 0. The number of hydrogen-bond donors (Lipinski definition) is 1. The van der Waals surface area contributed by atoms with E-state index in [1.54, 1.807) is 19.1 Å². The van der Waals surface area contributed by atoms with Gasteiger partial charge in [0.05, 0.1) is 6.61 Å². The van der Waals surface area contributed by atoms with Crippen LogP contribution in [-0.2, 0) is 9.53 Å². The molecule has 0 radical (unpaired) electrons. The van der Waals surface area contributed by atoms with Crippen molar-refractivity contribution in [1.29, 1.82) is 0 Å². The summed E-state index contributed by atoms with van der Waals surface area (Å²) in [6.07, 6.45) is -1.63. The van der Waals surface area contributed by atoms with Crippen LogP contribution in [0, 0.1) is 6.92 Å². The van der Waals surface area contributed by atoms with Crippen LogP contribution in [0.3, 0.4) is 0 Å². The van der Waals surface area contributed by atoms with Crippen molar-refractivity contribution in [2.45, 2.75) is 26.4 Å². The van der Waals surface area contributed by atoms with Gasteiger partial charge in [0.25, 0.3) is 0 Å². The van der Waals surface area contributed by atoms with Crippen molar-refractivity contribution in [3.8, 4) is 0 Å². The predicted molar refractivity (Wildman–Crippen MR) is 62.8 cm³/mol. The van der Waals surface area contributed by atoms with Gasteiger partial charge in [-0.05, 0) is 13.8 Å². The van der Waals surface area contributed by atoms with Gasteiger partial charge >= 0.3 is 5.97 Å². The van der Waals surface area contributed by atoms with E-state index in [0.29, 0.717) is 5.56 Å². The minimum Gasteiger partial charge on any atom is -0.464 e. The van der Waals surface area contributed by atoms with E-state index in [1.165, 1.54) is 0 Å². The van der Waals surface area contributed by atoms with Crippen molar-refractivity contribution in [1.82, 2.24) is 0 Å². The van der Waals surface area contributed by atoms with Gasteiger partial charge in [-0.25, -0.2) is 4.79 Å². The van der Waals surface area contributed by atoms with Crippen LogP contribution in [0.2, 0.25) is 0 Å². The van der Waals surface area contributed by atoms with Crippen LogP contribution in [0.15, 0.2) is 24.3 Å². The third-order valence-corrected chi connectivity index (χ3v) is 2.31. The molecule has 0 aromatic heterocycles. The van der Waals surface area contributed by atoms with Crippen LogP contribution in [0.25, 0.3) is 0 Å². The van der Waals surface area contributed by atoms with Gasteiger partial charge in [-0.3, -0.25) is 4.79 Å². The monoisotopic (exact) mass is 236 g/mol. The number of aliphatic hydroxyl groups is 1. The van der Waals surface area contributed by atoms with Crippen LogP contribution >= 0.6 is 0 Å². The second-order valence-corrected chi connectivity index (χ2v) is 3.76. The number of Topliss-reactive ketones (excluding diaryl/α,β-unsaturated/α-hetero) is 1. The topological polar surface area (TPSA) is 63.6 Å². The highest BCUT2D eigenvalue weighted by Crippen LogP contribution is 2.08. The smallest absolute Gasteiger partial charge is 0.335 e. The van der Waals surface area contributed by atoms with Crippen molar-refractivity contribution in [3.05, 3.63) is 35.4 Å². The minimum atomic E-state index is -1.39. The molecule has 4 heteroatoms. The number of aliphatic hydroxyl groups excluding tert-OH is 1. The standard InChI is InChI=1S/C13H16O4/c1-3-17-13(16)12(15)8-11(14)10-6-4-9(2)5-7-10/h4-7,12,15H,3,8H2,1-2H3/t12-/m0/s1. The van der Waals surface area contributed by atoms with Gasteiger partial charge in [-0.15, -0.1) is 0 Å². The average molecular weight is 236 g/mol. The Balaban J connectivity index is 2.60. The van der Waals surface area contributed by atoms with E-state index in [9.17, 15) is 14.7 Å². The molecular weight excluding hydrogens is 220 g/mol. The molecule has 4 nitrogen and oxygen atoms in total. The largest absolute Gasteiger partial charge is 0.464 e. The first-order chi connectivity index (χ1) is 8.04. The summed E-state index contributed by atoms with van der Waals surface area (Å²) in [5.74, 6) is -1.03. The average Bonchev–Trinajstić information content (AvgIpc) is 2.30. The number of ketones is 1. The molecule has 0 aliphatic heterocycles. The quantitative estimate of drug-likeness (QED) is 0.621. The van der Waals surface area contributed by atoms with E-state index in [4.69, 9.17) is 0 Å². The fourth-order valence-electron chi connectivity index (χ4n) is 1.35. The summed E-state index contributed by atoms with van der Waals surface area (Å²) in [5, 5.41) is 9.44. The molecule has 0 fully saturated rings. The highest BCUT2D eigenvalue weighted by Gasteiger charge is 2.20. The summed E-state index contributed by atoms with van der Waals surface area (Å²) < 4.78 is 4.62. The fraction of sp³-hybridized carbons (Fsp3) is 0.385. The Hall–Kier alpha value is -1.68. The molecule has 0 aliphatic rings. The number of carbonyl (C=O) groups excluding carboxylic acids is 2. The van der Waals surface area contributed by atoms with Gasteiger partial charge in [-0.1, -0.05) is 29.8 Å². The molecule has 1 aromatic rings. The van der Waals surface area contributed by atoms with Crippen LogP contribution in [0.4, 0.5) is 0 Å². The zero-order valence-electron chi connectivity index (χ0n) is 9.97. The number of carbonyl (C=O) groups is 2. The van der Waals surface area contributed by atoms with Crippen molar-refractivity contribution < 1.29 is 19.4 Å². The zero-order chi connectivity index (χ0) is 12.8. The molecule has 0 unspecified atom stereocenters. The maximum atomic E-state index is 11.7. The first-order valence-electron chi connectivity index (χ1n) is 5.49. The Morgan fingerprint density at radius 3 is 2.41 bits per heavy atom. The Morgan fingerprint density at radius 1 is 1.29 bits per heavy atom. The SMILES string of the molecule is CCOC(=O)[C@@H](O)CC(=O)c1ccc(C)cc1. The van der Waals surface area contributed by atoms with Gasteiger partial charge in [0, 0.05) is 12.0 Å². The normalized spacial score (nSPS) is 11.9. The van der Waals surface area contributed by atoms with E-state index < -0.39 is 12.1 Å². The Bertz CT molecular complexity index is 394. The highest BCUT2D eigenvalue weighted by molar-refractivity contribution is 5.98. The maximum Gasteiger partial charge on any atom is 0.335 e. The Kier molecular flexibility index (Phi) is 4.84. The van der Waals surface area contributed by atoms with E-state index in [1.807, 2.05) is 19.1 Å². The van der Waals surface area contributed by atoms with Gasteiger partial charge in [0.2, 0.25) is 0 Å². The summed E-state index contributed by atoms with van der Waals surface area (Å²) in [6.45, 7) is 3.75. The van der Waals surface area contributed by atoms with Crippen LogP contribution in [0.5, 0.6) is 0 Å². The molecule has 0 saturated carbocycles. The number of hydrogen-bond acceptors (Lipinski definition) is 4. The molecule has 17 heavy (non-hydrogen) atoms. The summed E-state index contributed by atoms with van der Waals surface area (Å²) in [4.78, 5) is 22.8. The fourth-order valence-corrected chi connectivity index (χ4v) is 1.35. The molecule has 0 heterocycles. The summed E-state index contributed by atoms with van der Waals surface area (Å²) in [7, 11) is 0. The second kappa shape index (κ2) is 6.15. The molecule has 1 atom stereocenters. The number of ether oxygens (including phenoxy) is 1. The molecule has 0 bridgehead atoms. The summed E-state index contributed by atoms with van der Waals surface area (Å²) in [5.41, 5.74) is 1.53. The molecule has 92 valence electrons. The van der Waals surface area contributed by atoms with E-state index in [-0.39, 0.29) is 18.8 Å². The maximum absolute atomic E-state index is 11.7. The van der Waals surface area contributed by atoms with Crippen LogP contribution < -0.4 is 0 Å². The molecule has 1 aromatic carbocycles. The van der Waals surface area contributed by atoms with Crippen LogP contribution in [-0.4, -0.2) is 29.6 Å². The minimum absolute atomic E-state index is 0.189. The van der Waals surface area contributed by atoms with Gasteiger partial charge < -0.3 is 9.84 Å². The molecule has 0 amide bonds. The molecule has 1 N–H and O–H groups in total. The lowest BCUT2D eigenvalue weighted by molar-refractivity contribution is -0.152. The highest BCUT2D eigenvalue weighted by atomic mass is 16.5. The third kappa shape index (κ3) is 4.00. The zero-order valence-corrected chi connectivity index (χ0v) is 9.97. The number of rotatable bonds is 5. The predicted octanol–water partition coefficient (Wildman–Crippen LogP) is 1.49. The molecule has 0 spiro atoms. The molecule has 0 saturated heterocycles. The first kappa shape index (κ1) is 13.4. The van der Waals surface area contributed by atoms with Gasteiger partial charge in [0.15, 0.2) is 11.9 Å². The third-order valence-electron chi connectivity index (χ3n) is 2.31. The first-order valence-corrected chi connectivity index (χ1v) is 5.49. The van der Waals surface area contributed by atoms with Crippen molar-refractivity contribution >= 4 is 11.8 Å². The molecule has 0 aliphatic carbocycles. The molecule has 1 rings (SSSR count). The summed E-state index contributed by atoms with van der Waals surface area (Å²) in [6, 6.07) is 6.97. The van der Waals surface area contributed by atoms with Gasteiger partial charge in [0.1, 0.15) is 0 Å². The number of esters is 1. The van der Waals surface area contributed by atoms with Gasteiger partial charge in [-0.2, -0.15) is 0 Å². The van der Waals surface area contributed by atoms with E-state index in [2.05, 4.69) is 4.74 Å². The Labute approximate surface area is 100 Å². The van der Waals surface area contributed by atoms with Crippen molar-refractivity contribution in [2.24, 2.45) is 0 Å². The lowest BCUT2D eigenvalue weighted by Gasteiger charge is -2.08. The second-order valence-electron chi connectivity index (χ2n) is 3.76. The molecular formula is C13H16O4. The van der Waals surface area contributed by atoms with E-state index in [0.717, 1.165) is 5.56 Å². The van der Waals surface area contributed by atoms with Crippen molar-refractivity contribution in [2.75, 3.05) is 6.61 Å². The number of aryl methyl sites for hydroxylation is 1.